The van der Waals surface area contributed by atoms with E-state index in [0.717, 1.165) is 4.57 Å². The molecule has 0 fully saturated rings. The lowest BCUT2D eigenvalue weighted by Gasteiger charge is -2.05. The molecule has 0 saturated heterocycles. The number of aryl methyl sites for hydroxylation is 1. The number of fused-ring (bicyclic) bond motifs is 1. The van der Waals surface area contributed by atoms with Crippen LogP contribution in [-0.2, 0) is 20.6 Å². The molecule has 0 bridgehead atoms. The topological polar surface area (TPSA) is 102 Å². The molecule has 0 unspecified atom stereocenters. The molecule has 0 atom stereocenters. The van der Waals surface area contributed by atoms with Crippen LogP contribution in [0.15, 0.2) is 15.9 Å². The minimum Gasteiger partial charge on any atom is -0.312 e. The summed E-state index contributed by atoms with van der Waals surface area (Å²) in [6, 6.07) is 0.206. The van der Waals surface area contributed by atoms with Gasteiger partial charge in [0.05, 0.1) is 12.4 Å². The fourth-order valence-corrected chi connectivity index (χ4v) is 2.12. The van der Waals surface area contributed by atoms with Crippen LogP contribution >= 0.6 is 0 Å². The second-order valence-electron chi connectivity index (χ2n) is 5.07. The highest BCUT2D eigenvalue weighted by Gasteiger charge is 2.15. The van der Waals surface area contributed by atoms with Crippen LogP contribution < -0.4 is 22.0 Å². The van der Waals surface area contributed by atoms with Crippen LogP contribution in [0.3, 0.4) is 0 Å². The molecule has 2 rings (SSSR count). The highest BCUT2D eigenvalue weighted by Crippen LogP contribution is 2.04. The van der Waals surface area contributed by atoms with E-state index in [1.807, 2.05) is 13.8 Å². The van der Waals surface area contributed by atoms with Crippen LogP contribution in [0.5, 0.6) is 0 Å². The number of nitrogens with one attached hydrogen (secondary N) is 1. The largest absolute Gasteiger partial charge is 0.332 e. The van der Waals surface area contributed by atoms with E-state index in [-0.39, 0.29) is 11.6 Å². The zero-order valence-electron chi connectivity index (χ0n) is 12.0. The van der Waals surface area contributed by atoms with Crippen LogP contribution in [0.2, 0.25) is 0 Å². The SMILES string of the molecule is CC(C)[NH+]=C(N)Cn1cnc2c1c(=O)n(C)c(=O)n2C. The Labute approximate surface area is 115 Å². The van der Waals surface area contributed by atoms with E-state index in [0.29, 0.717) is 23.5 Å². The minimum absolute atomic E-state index is 0.206. The van der Waals surface area contributed by atoms with E-state index < -0.39 is 5.69 Å². The fraction of sp³-hybridized carbons (Fsp3) is 0.500. The molecule has 0 aliphatic rings. The molecule has 0 aromatic carbocycles. The first-order chi connectivity index (χ1) is 9.32. The van der Waals surface area contributed by atoms with Crippen molar-refractivity contribution < 1.29 is 4.99 Å². The Morgan fingerprint density at radius 2 is 2.00 bits per heavy atom. The van der Waals surface area contributed by atoms with Crippen LogP contribution in [0.25, 0.3) is 11.2 Å². The molecule has 8 nitrogen and oxygen atoms in total. The van der Waals surface area contributed by atoms with Crippen molar-refractivity contribution in [3.05, 3.63) is 27.2 Å². The number of nitrogens with zero attached hydrogens (tertiary/aromatic N) is 4. The molecule has 2 aromatic heterocycles. The Morgan fingerprint density at radius 1 is 1.35 bits per heavy atom. The third-order valence-corrected chi connectivity index (χ3v) is 3.03. The first kappa shape index (κ1) is 14.0. The number of hydrogen-bond donors (Lipinski definition) is 2. The van der Waals surface area contributed by atoms with Crippen LogP contribution in [0.1, 0.15) is 13.8 Å². The van der Waals surface area contributed by atoms with Crippen molar-refractivity contribution in [3.8, 4) is 0 Å². The Kier molecular flexibility index (Phi) is 3.47. The molecule has 8 heteroatoms. The number of rotatable bonds is 3. The van der Waals surface area contributed by atoms with E-state index >= 15 is 0 Å². The molecule has 108 valence electrons. The fourth-order valence-electron chi connectivity index (χ4n) is 2.12. The van der Waals surface area contributed by atoms with Gasteiger partial charge in [-0.3, -0.25) is 24.7 Å². The minimum atomic E-state index is -0.398. The number of imidazole rings is 1. The zero-order valence-corrected chi connectivity index (χ0v) is 12.0. The maximum absolute atomic E-state index is 12.2. The molecule has 0 amide bonds. The third kappa shape index (κ3) is 2.24. The van der Waals surface area contributed by atoms with Crippen LogP contribution in [0.4, 0.5) is 0 Å². The van der Waals surface area contributed by atoms with Gasteiger partial charge in [0.1, 0.15) is 6.54 Å². The number of aromatic nitrogens is 4. The number of nitrogens with two attached hydrogens (primary N) is 1. The van der Waals surface area contributed by atoms with E-state index in [2.05, 4.69) is 9.98 Å². The smallest absolute Gasteiger partial charge is 0.312 e. The lowest BCUT2D eigenvalue weighted by Crippen LogP contribution is -2.80. The van der Waals surface area contributed by atoms with Gasteiger partial charge in [0.2, 0.25) is 0 Å². The van der Waals surface area contributed by atoms with Crippen molar-refractivity contribution in [2.24, 2.45) is 19.8 Å². The second kappa shape index (κ2) is 4.95. The molecular weight excluding hydrogens is 260 g/mol. The maximum Gasteiger partial charge on any atom is 0.332 e. The average Bonchev–Trinajstić information content (AvgIpc) is 2.76. The van der Waals surface area contributed by atoms with E-state index in [1.54, 1.807) is 11.6 Å². The first-order valence-corrected chi connectivity index (χ1v) is 6.31. The van der Waals surface area contributed by atoms with Crippen molar-refractivity contribution in [3.63, 3.8) is 0 Å². The lowest BCUT2D eigenvalue weighted by molar-refractivity contribution is -0.495. The van der Waals surface area contributed by atoms with Crippen molar-refractivity contribution in [2.75, 3.05) is 0 Å². The Balaban J connectivity index is 2.64. The summed E-state index contributed by atoms with van der Waals surface area (Å²) in [5.41, 5.74) is 5.84. The predicted octanol–water partition coefficient (Wildman–Crippen LogP) is -2.72. The van der Waals surface area contributed by atoms with Gasteiger partial charge in [-0.1, -0.05) is 0 Å². The third-order valence-electron chi connectivity index (χ3n) is 3.03. The normalized spacial score (nSPS) is 12.6. The Hall–Kier alpha value is -2.38. The monoisotopic (exact) mass is 279 g/mol. The molecule has 2 heterocycles. The molecule has 0 aliphatic carbocycles. The molecular formula is C12H19N6O2+. The van der Waals surface area contributed by atoms with Gasteiger partial charge in [0.15, 0.2) is 11.2 Å². The molecule has 3 N–H and O–H groups in total. The summed E-state index contributed by atoms with van der Waals surface area (Å²) in [6.07, 6.45) is 1.51. The van der Waals surface area contributed by atoms with Crippen LogP contribution in [0, 0.1) is 0 Å². The second-order valence-corrected chi connectivity index (χ2v) is 5.07. The summed E-state index contributed by atoms with van der Waals surface area (Å²) in [5, 5.41) is 0. The molecule has 0 aliphatic heterocycles. The van der Waals surface area contributed by atoms with Gasteiger partial charge >= 0.3 is 5.69 Å². The molecule has 20 heavy (non-hydrogen) atoms. The zero-order chi connectivity index (χ0) is 15.0. The van der Waals surface area contributed by atoms with Gasteiger partial charge in [-0.15, -0.1) is 0 Å². The quantitative estimate of drug-likeness (QED) is 0.471. The van der Waals surface area contributed by atoms with Gasteiger partial charge in [-0.05, 0) is 13.8 Å². The van der Waals surface area contributed by atoms with Crippen molar-refractivity contribution in [2.45, 2.75) is 26.4 Å². The van der Waals surface area contributed by atoms with Crippen molar-refractivity contribution >= 4 is 17.0 Å². The molecule has 0 spiro atoms. The van der Waals surface area contributed by atoms with Gasteiger partial charge in [0.25, 0.3) is 11.4 Å². The van der Waals surface area contributed by atoms with E-state index in [1.165, 1.54) is 17.9 Å². The summed E-state index contributed by atoms with van der Waals surface area (Å²) < 4.78 is 4.05. The van der Waals surface area contributed by atoms with Crippen molar-refractivity contribution in [1.82, 2.24) is 18.7 Å². The Bertz CT molecular complexity index is 793. The van der Waals surface area contributed by atoms with Gasteiger partial charge in [0, 0.05) is 14.1 Å². The molecule has 0 saturated carbocycles. The summed E-state index contributed by atoms with van der Waals surface area (Å²) in [5.74, 6) is 0.537. The molecule has 0 radical (unpaired) electrons. The van der Waals surface area contributed by atoms with Crippen LogP contribution in [-0.4, -0.2) is 30.6 Å². The highest BCUT2D eigenvalue weighted by molar-refractivity contribution is 5.77. The summed E-state index contributed by atoms with van der Waals surface area (Å²) in [4.78, 5) is 31.2. The summed E-state index contributed by atoms with van der Waals surface area (Å²) in [7, 11) is 3.03. The summed E-state index contributed by atoms with van der Waals surface area (Å²) in [6.45, 7) is 4.27. The Morgan fingerprint density at radius 3 is 2.60 bits per heavy atom. The first-order valence-electron chi connectivity index (χ1n) is 6.31. The van der Waals surface area contributed by atoms with E-state index in [9.17, 15) is 9.59 Å². The number of hydrogen-bond acceptors (Lipinski definition) is 3. The predicted molar refractivity (Wildman–Crippen MR) is 75.5 cm³/mol. The number of amidine groups is 1. The highest BCUT2D eigenvalue weighted by atomic mass is 16.2. The molecule has 2 aromatic rings. The van der Waals surface area contributed by atoms with E-state index in [4.69, 9.17) is 5.73 Å². The average molecular weight is 279 g/mol. The summed E-state index contributed by atoms with van der Waals surface area (Å²) >= 11 is 0. The standard InChI is InChI=1S/C12H18N6O2/c1-7(2)15-8(13)5-18-6-14-10-9(18)11(19)17(4)12(20)16(10)3/h6-7H,5H2,1-4H3,(H2,13,15)/p+1. The van der Waals surface area contributed by atoms with Gasteiger partial charge in [-0.25, -0.2) is 9.78 Å². The lowest BCUT2D eigenvalue weighted by atomic mass is 10.4. The maximum atomic E-state index is 12.2. The van der Waals surface area contributed by atoms with Crippen molar-refractivity contribution in [1.29, 1.82) is 0 Å². The van der Waals surface area contributed by atoms with Gasteiger partial charge in [-0.2, -0.15) is 0 Å². The van der Waals surface area contributed by atoms with Gasteiger partial charge < -0.3 is 4.57 Å².